The summed E-state index contributed by atoms with van der Waals surface area (Å²) in [4.78, 5) is 16.4. The second kappa shape index (κ2) is 6.73. The summed E-state index contributed by atoms with van der Waals surface area (Å²) in [6.07, 6.45) is 3.57. The third-order valence-electron chi connectivity index (χ3n) is 3.22. The van der Waals surface area contributed by atoms with Crippen LogP contribution in [0.5, 0.6) is 0 Å². The first kappa shape index (κ1) is 14.8. The Bertz CT molecular complexity index is 787. The van der Waals surface area contributed by atoms with E-state index in [-0.39, 0.29) is 5.91 Å². The predicted molar refractivity (Wildman–Crippen MR) is 90.2 cm³/mol. The highest BCUT2D eigenvalue weighted by atomic mass is 35.5. The van der Waals surface area contributed by atoms with Gasteiger partial charge < -0.3 is 5.32 Å². The molecule has 110 valence electrons. The summed E-state index contributed by atoms with van der Waals surface area (Å²) in [5.74, 6) is -0.188. The number of carbonyl (C=O) groups is 1. The van der Waals surface area contributed by atoms with Gasteiger partial charge in [0.2, 0.25) is 0 Å². The zero-order chi connectivity index (χ0) is 15.4. The molecule has 5 heteroatoms. The van der Waals surface area contributed by atoms with E-state index in [2.05, 4.69) is 15.7 Å². The Morgan fingerprint density at radius 3 is 2.82 bits per heavy atom. The minimum Gasteiger partial charge on any atom is -0.348 e. The number of pyridine rings is 1. The van der Waals surface area contributed by atoms with Crippen LogP contribution in [0.15, 0.2) is 59.6 Å². The van der Waals surface area contributed by atoms with Crippen molar-refractivity contribution in [1.82, 2.24) is 10.3 Å². The van der Waals surface area contributed by atoms with Crippen molar-refractivity contribution in [2.45, 2.75) is 6.54 Å². The number of rotatable bonds is 4. The van der Waals surface area contributed by atoms with Gasteiger partial charge in [-0.1, -0.05) is 23.7 Å². The fraction of sp³-hybridized carbons (Fsp3) is 0.0588. The zero-order valence-electron chi connectivity index (χ0n) is 11.6. The number of nitrogens with one attached hydrogen (secondary N) is 1. The van der Waals surface area contributed by atoms with E-state index >= 15 is 0 Å². The Morgan fingerprint density at radius 2 is 2.05 bits per heavy atom. The quantitative estimate of drug-likeness (QED) is 0.771. The molecular formula is C17H13ClN2OS. The van der Waals surface area contributed by atoms with Gasteiger partial charge in [-0.2, -0.15) is 11.3 Å². The molecule has 0 atom stereocenters. The molecule has 1 N–H and O–H groups in total. The number of thiophene rings is 1. The molecule has 1 amide bonds. The maximum atomic E-state index is 12.1. The van der Waals surface area contributed by atoms with Gasteiger partial charge in [0.05, 0.1) is 10.6 Å². The zero-order valence-corrected chi connectivity index (χ0v) is 13.2. The molecule has 3 rings (SSSR count). The highest BCUT2D eigenvalue weighted by Gasteiger charge is 2.09. The molecule has 0 fully saturated rings. The SMILES string of the molecule is O=C(NCc1cncc(-c2ccsc2)c1)c1ccccc1Cl. The average molecular weight is 329 g/mol. The van der Waals surface area contributed by atoms with Gasteiger partial charge in [0.1, 0.15) is 0 Å². The second-order valence-corrected chi connectivity index (χ2v) is 5.94. The van der Waals surface area contributed by atoms with Gasteiger partial charge >= 0.3 is 0 Å². The Labute approximate surface area is 137 Å². The van der Waals surface area contributed by atoms with Crippen LogP contribution in [-0.4, -0.2) is 10.9 Å². The lowest BCUT2D eigenvalue weighted by molar-refractivity contribution is 0.0951. The van der Waals surface area contributed by atoms with Crippen LogP contribution < -0.4 is 5.32 Å². The van der Waals surface area contributed by atoms with Gasteiger partial charge in [-0.3, -0.25) is 9.78 Å². The summed E-state index contributed by atoms with van der Waals surface area (Å²) < 4.78 is 0. The molecule has 0 unspecified atom stereocenters. The third-order valence-corrected chi connectivity index (χ3v) is 4.23. The first-order chi connectivity index (χ1) is 10.7. The molecule has 3 aromatic rings. The van der Waals surface area contributed by atoms with E-state index in [4.69, 9.17) is 11.6 Å². The standard InChI is InChI=1S/C17H13ClN2OS/c18-16-4-2-1-3-15(16)17(21)20-9-12-7-14(10-19-8-12)13-5-6-22-11-13/h1-8,10-11H,9H2,(H,20,21). The molecular weight excluding hydrogens is 316 g/mol. The fourth-order valence-electron chi connectivity index (χ4n) is 2.09. The van der Waals surface area contributed by atoms with Crippen LogP contribution in [0.3, 0.4) is 0 Å². The molecule has 2 heterocycles. The first-order valence-electron chi connectivity index (χ1n) is 6.73. The van der Waals surface area contributed by atoms with E-state index in [0.29, 0.717) is 17.1 Å². The van der Waals surface area contributed by atoms with Crippen molar-refractivity contribution in [3.63, 3.8) is 0 Å². The average Bonchev–Trinajstić information content (AvgIpc) is 3.08. The molecule has 0 aliphatic rings. The largest absolute Gasteiger partial charge is 0.348 e. The molecule has 0 bridgehead atoms. The Morgan fingerprint density at radius 1 is 1.18 bits per heavy atom. The van der Waals surface area contributed by atoms with Crippen LogP contribution in [-0.2, 0) is 6.54 Å². The van der Waals surface area contributed by atoms with Crippen molar-refractivity contribution in [2.24, 2.45) is 0 Å². The van der Waals surface area contributed by atoms with Crippen LogP contribution in [0.2, 0.25) is 5.02 Å². The molecule has 0 radical (unpaired) electrons. The van der Waals surface area contributed by atoms with E-state index < -0.39 is 0 Å². The topological polar surface area (TPSA) is 42.0 Å². The molecule has 2 aromatic heterocycles. The summed E-state index contributed by atoms with van der Waals surface area (Å²) in [6.45, 7) is 0.412. The summed E-state index contributed by atoms with van der Waals surface area (Å²) in [7, 11) is 0. The fourth-order valence-corrected chi connectivity index (χ4v) is 2.98. The maximum Gasteiger partial charge on any atom is 0.253 e. The smallest absolute Gasteiger partial charge is 0.253 e. The third kappa shape index (κ3) is 3.35. The number of halogens is 1. The van der Waals surface area contributed by atoms with Crippen LogP contribution in [0.25, 0.3) is 11.1 Å². The van der Waals surface area contributed by atoms with Gasteiger partial charge in [-0.05, 0) is 46.2 Å². The molecule has 0 saturated carbocycles. The highest BCUT2D eigenvalue weighted by Crippen LogP contribution is 2.22. The van der Waals surface area contributed by atoms with Crippen LogP contribution in [0.1, 0.15) is 15.9 Å². The minimum absolute atomic E-state index is 0.188. The molecule has 0 aliphatic carbocycles. The number of hydrogen-bond donors (Lipinski definition) is 1. The number of amides is 1. The number of benzene rings is 1. The summed E-state index contributed by atoms with van der Waals surface area (Å²) in [5, 5.41) is 7.42. The summed E-state index contributed by atoms with van der Waals surface area (Å²) >= 11 is 7.67. The van der Waals surface area contributed by atoms with Crippen molar-refractivity contribution >= 4 is 28.8 Å². The first-order valence-corrected chi connectivity index (χ1v) is 8.05. The van der Waals surface area contributed by atoms with Gasteiger partial charge in [-0.25, -0.2) is 0 Å². The highest BCUT2D eigenvalue weighted by molar-refractivity contribution is 7.08. The van der Waals surface area contributed by atoms with Crippen LogP contribution in [0.4, 0.5) is 0 Å². The maximum absolute atomic E-state index is 12.1. The number of aromatic nitrogens is 1. The summed E-state index contributed by atoms with van der Waals surface area (Å²) in [5.41, 5.74) is 3.61. The molecule has 22 heavy (non-hydrogen) atoms. The lowest BCUT2D eigenvalue weighted by atomic mass is 10.1. The van der Waals surface area contributed by atoms with Crippen molar-refractivity contribution < 1.29 is 4.79 Å². The monoisotopic (exact) mass is 328 g/mol. The molecule has 1 aromatic carbocycles. The van der Waals surface area contributed by atoms with E-state index in [1.165, 1.54) is 0 Å². The predicted octanol–water partition coefficient (Wildman–Crippen LogP) is 4.39. The van der Waals surface area contributed by atoms with E-state index in [9.17, 15) is 4.79 Å². The van der Waals surface area contributed by atoms with E-state index in [0.717, 1.165) is 16.7 Å². The van der Waals surface area contributed by atoms with Gasteiger partial charge in [-0.15, -0.1) is 0 Å². The Kier molecular flexibility index (Phi) is 4.51. The van der Waals surface area contributed by atoms with Gasteiger partial charge in [0.15, 0.2) is 0 Å². The van der Waals surface area contributed by atoms with Crippen molar-refractivity contribution in [2.75, 3.05) is 0 Å². The van der Waals surface area contributed by atoms with E-state index in [1.54, 1.807) is 41.8 Å². The van der Waals surface area contributed by atoms with Crippen LogP contribution in [0, 0.1) is 0 Å². The van der Waals surface area contributed by atoms with Crippen molar-refractivity contribution in [3.8, 4) is 11.1 Å². The normalized spacial score (nSPS) is 10.4. The Balaban J connectivity index is 1.71. The van der Waals surface area contributed by atoms with Crippen molar-refractivity contribution in [3.05, 3.63) is 75.7 Å². The molecule has 0 aliphatic heterocycles. The molecule has 0 spiro atoms. The second-order valence-electron chi connectivity index (χ2n) is 4.76. The van der Waals surface area contributed by atoms with Gasteiger partial charge in [0.25, 0.3) is 5.91 Å². The number of nitrogens with zero attached hydrogens (tertiary/aromatic N) is 1. The molecule has 3 nitrogen and oxygen atoms in total. The van der Waals surface area contributed by atoms with Gasteiger partial charge in [0, 0.05) is 24.5 Å². The lowest BCUT2D eigenvalue weighted by Gasteiger charge is -2.07. The van der Waals surface area contributed by atoms with Crippen molar-refractivity contribution in [1.29, 1.82) is 0 Å². The Hall–Kier alpha value is -2.17. The number of hydrogen-bond acceptors (Lipinski definition) is 3. The van der Waals surface area contributed by atoms with E-state index in [1.807, 2.05) is 23.7 Å². The summed E-state index contributed by atoms with van der Waals surface area (Å²) in [6, 6.07) is 11.1. The molecule has 0 saturated heterocycles. The van der Waals surface area contributed by atoms with Crippen LogP contribution >= 0.6 is 22.9 Å². The lowest BCUT2D eigenvalue weighted by Crippen LogP contribution is -2.23. The minimum atomic E-state index is -0.188. The number of carbonyl (C=O) groups excluding carboxylic acids is 1.